The van der Waals surface area contributed by atoms with E-state index in [1.165, 1.54) is 11.7 Å². The molecule has 1 aliphatic carbocycles. The molecule has 1 saturated carbocycles. The Morgan fingerprint density at radius 2 is 2.24 bits per heavy atom. The number of aliphatic carboxylic acids is 1. The van der Waals surface area contributed by atoms with Gasteiger partial charge in [0.1, 0.15) is 5.25 Å². The van der Waals surface area contributed by atoms with Crippen LogP contribution in [0.4, 0.5) is 0 Å². The number of hydrogen-bond donors (Lipinski definition) is 2. The number of thioether (sulfide) groups is 1. The molecule has 0 aliphatic heterocycles. The number of carbonyl (C=O) groups is 1. The zero-order valence-corrected chi connectivity index (χ0v) is 9.86. The number of nitrogens with one attached hydrogen (secondary N) is 1. The highest BCUT2D eigenvalue weighted by Gasteiger charge is 2.37. The second kappa shape index (κ2) is 4.36. The molecule has 7 nitrogen and oxygen atoms in total. The van der Waals surface area contributed by atoms with Gasteiger partial charge < -0.3 is 5.11 Å². The van der Waals surface area contributed by atoms with E-state index in [4.69, 9.17) is 5.11 Å². The molecule has 1 atom stereocenters. The fourth-order valence-corrected chi connectivity index (χ4v) is 2.56. The van der Waals surface area contributed by atoms with Gasteiger partial charge in [0.05, 0.1) is 0 Å². The molecular weight excluding hydrogens is 246 g/mol. The summed E-state index contributed by atoms with van der Waals surface area (Å²) in [4.78, 5) is 36.7. The lowest BCUT2D eigenvalue weighted by Crippen LogP contribution is -2.34. The third-order valence-corrected chi connectivity index (χ3v) is 3.89. The van der Waals surface area contributed by atoms with Gasteiger partial charge in [-0.1, -0.05) is 11.8 Å². The van der Waals surface area contributed by atoms with E-state index in [9.17, 15) is 14.4 Å². The van der Waals surface area contributed by atoms with E-state index >= 15 is 0 Å². The van der Waals surface area contributed by atoms with Crippen molar-refractivity contribution < 1.29 is 9.90 Å². The molecule has 1 heterocycles. The summed E-state index contributed by atoms with van der Waals surface area (Å²) in [6, 6.07) is 0. The van der Waals surface area contributed by atoms with Crippen LogP contribution < -0.4 is 11.1 Å². The van der Waals surface area contributed by atoms with Crippen molar-refractivity contribution in [3.8, 4) is 0 Å². The maximum Gasteiger partial charge on any atom is 0.339 e. The Balaban J connectivity index is 2.28. The molecule has 17 heavy (non-hydrogen) atoms. The van der Waals surface area contributed by atoms with Crippen molar-refractivity contribution in [2.24, 2.45) is 13.0 Å². The molecule has 1 aliphatic rings. The zero-order chi connectivity index (χ0) is 12.6. The molecule has 2 rings (SSSR count). The minimum atomic E-state index is -0.919. The van der Waals surface area contributed by atoms with Crippen molar-refractivity contribution in [3.05, 3.63) is 20.7 Å². The lowest BCUT2D eigenvalue weighted by molar-refractivity contribution is -0.136. The summed E-state index contributed by atoms with van der Waals surface area (Å²) in [7, 11) is 1.52. The van der Waals surface area contributed by atoms with Crippen LogP contribution in [0.2, 0.25) is 0 Å². The fourth-order valence-electron chi connectivity index (χ4n) is 1.43. The van der Waals surface area contributed by atoms with Gasteiger partial charge in [-0.3, -0.25) is 24.2 Å². The maximum atomic E-state index is 11.1. The van der Waals surface area contributed by atoms with Gasteiger partial charge in [-0.15, -0.1) is 0 Å². The first kappa shape index (κ1) is 11.9. The van der Waals surface area contributed by atoms with E-state index in [1.807, 2.05) is 0 Å². The van der Waals surface area contributed by atoms with E-state index < -0.39 is 22.3 Å². The van der Waals surface area contributed by atoms with Crippen LogP contribution in [0.1, 0.15) is 12.8 Å². The van der Waals surface area contributed by atoms with Gasteiger partial charge >= 0.3 is 17.1 Å². The summed E-state index contributed by atoms with van der Waals surface area (Å²) >= 11 is 0.999. The molecule has 8 heteroatoms. The summed E-state index contributed by atoms with van der Waals surface area (Å²) < 4.78 is 1.27. The van der Waals surface area contributed by atoms with E-state index in [1.54, 1.807) is 0 Å². The molecule has 2 N–H and O–H groups in total. The average molecular weight is 257 g/mol. The first-order valence-corrected chi connectivity index (χ1v) is 5.94. The summed E-state index contributed by atoms with van der Waals surface area (Å²) in [5.41, 5.74) is -1.71. The number of aromatic amines is 1. The topological polar surface area (TPSA) is 105 Å². The SMILES string of the molecule is Cn1[nH]c(=O)c(=O)nc1SC(C(=O)O)C1CC1. The fraction of sp³-hybridized carbons (Fsp3) is 0.556. The van der Waals surface area contributed by atoms with Gasteiger partial charge in [-0.05, 0) is 18.8 Å². The van der Waals surface area contributed by atoms with Crippen LogP contribution in [0.25, 0.3) is 0 Å². The van der Waals surface area contributed by atoms with Crippen molar-refractivity contribution in [2.45, 2.75) is 23.2 Å². The average Bonchev–Trinajstić information content (AvgIpc) is 3.04. The van der Waals surface area contributed by atoms with Crippen molar-refractivity contribution in [2.75, 3.05) is 0 Å². The normalized spacial score (nSPS) is 16.8. The number of aryl methyl sites for hydroxylation is 1. The number of carboxylic acids is 1. The molecule has 0 aromatic carbocycles. The molecule has 1 aromatic rings. The van der Waals surface area contributed by atoms with Crippen LogP contribution in [-0.4, -0.2) is 31.1 Å². The number of aromatic nitrogens is 3. The van der Waals surface area contributed by atoms with Crippen molar-refractivity contribution in [1.29, 1.82) is 0 Å². The monoisotopic (exact) mass is 257 g/mol. The summed E-state index contributed by atoms with van der Waals surface area (Å²) in [5.74, 6) is -0.792. The highest BCUT2D eigenvalue weighted by atomic mass is 32.2. The van der Waals surface area contributed by atoms with Crippen molar-refractivity contribution >= 4 is 17.7 Å². The predicted molar refractivity (Wildman–Crippen MR) is 60.1 cm³/mol. The molecule has 0 spiro atoms. The quantitative estimate of drug-likeness (QED) is 0.552. The minimum Gasteiger partial charge on any atom is -0.480 e. The number of hydrogen-bond acceptors (Lipinski definition) is 5. The largest absolute Gasteiger partial charge is 0.480 e. The number of nitrogens with zero attached hydrogens (tertiary/aromatic N) is 2. The van der Waals surface area contributed by atoms with Gasteiger partial charge in [-0.25, -0.2) is 0 Å². The second-order valence-corrected chi connectivity index (χ2v) is 5.02. The summed E-state index contributed by atoms with van der Waals surface area (Å²) in [6.45, 7) is 0. The molecule has 1 aromatic heterocycles. The van der Waals surface area contributed by atoms with Crippen LogP contribution in [0.15, 0.2) is 14.7 Å². The molecule has 0 amide bonds. The number of rotatable bonds is 4. The van der Waals surface area contributed by atoms with Crippen molar-refractivity contribution in [1.82, 2.24) is 14.8 Å². The van der Waals surface area contributed by atoms with Gasteiger partial charge in [-0.2, -0.15) is 4.98 Å². The Bertz CT molecular complexity index is 560. The predicted octanol–water partition coefficient (Wildman–Crippen LogP) is -0.576. The zero-order valence-electron chi connectivity index (χ0n) is 9.04. The van der Waals surface area contributed by atoms with E-state index in [-0.39, 0.29) is 11.1 Å². The van der Waals surface area contributed by atoms with Crippen LogP contribution in [-0.2, 0) is 11.8 Å². The van der Waals surface area contributed by atoms with E-state index in [0.29, 0.717) is 0 Å². The van der Waals surface area contributed by atoms with Gasteiger partial charge in [0.15, 0.2) is 5.16 Å². The van der Waals surface area contributed by atoms with Crippen LogP contribution in [0.5, 0.6) is 0 Å². The lowest BCUT2D eigenvalue weighted by Gasteiger charge is -2.11. The third kappa shape index (κ3) is 2.57. The Morgan fingerprint density at radius 3 is 2.76 bits per heavy atom. The molecule has 1 unspecified atom stereocenters. The smallest absolute Gasteiger partial charge is 0.339 e. The highest BCUT2D eigenvalue weighted by molar-refractivity contribution is 8.00. The number of carboxylic acid groups (broad SMARTS) is 1. The highest BCUT2D eigenvalue weighted by Crippen LogP contribution is 2.40. The standard InChI is InChI=1S/C9H11N3O4S/c1-12-9(10-6(13)7(14)11-12)17-5(8(15)16)4-2-3-4/h4-5H,2-3H2,1H3,(H,11,14)(H,15,16). The Hall–Kier alpha value is -1.57. The van der Waals surface area contributed by atoms with Crippen LogP contribution >= 0.6 is 11.8 Å². The number of H-pyrrole nitrogens is 1. The minimum absolute atomic E-state index is 0.126. The lowest BCUT2D eigenvalue weighted by atomic mass is 10.3. The Kier molecular flexibility index (Phi) is 3.05. The van der Waals surface area contributed by atoms with Gasteiger partial charge in [0, 0.05) is 7.05 Å². The molecular formula is C9H11N3O4S. The van der Waals surface area contributed by atoms with Gasteiger partial charge in [0.25, 0.3) is 0 Å². The summed E-state index contributed by atoms with van der Waals surface area (Å²) in [6.07, 6.45) is 1.75. The van der Waals surface area contributed by atoms with E-state index in [2.05, 4.69) is 10.1 Å². The Labute approximate surface area is 99.9 Å². The maximum absolute atomic E-state index is 11.1. The third-order valence-electron chi connectivity index (χ3n) is 2.47. The van der Waals surface area contributed by atoms with Crippen molar-refractivity contribution in [3.63, 3.8) is 0 Å². The summed E-state index contributed by atoms with van der Waals surface area (Å²) in [5, 5.41) is 10.9. The first-order chi connectivity index (χ1) is 7.99. The molecule has 0 bridgehead atoms. The first-order valence-electron chi connectivity index (χ1n) is 5.06. The molecule has 0 radical (unpaired) electrons. The van der Waals surface area contributed by atoms with Crippen LogP contribution in [0.3, 0.4) is 0 Å². The second-order valence-electron chi connectivity index (χ2n) is 3.91. The van der Waals surface area contributed by atoms with Crippen LogP contribution in [0, 0.1) is 5.92 Å². The van der Waals surface area contributed by atoms with Gasteiger partial charge in [0.2, 0.25) is 0 Å². The van der Waals surface area contributed by atoms with E-state index in [0.717, 1.165) is 24.6 Å². The Morgan fingerprint density at radius 1 is 1.59 bits per heavy atom. The molecule has 92 valence electrons. The molecule has 1 fully saturated rings. The molecule has 0 saturated heterocycles.